The number of carbonyl (C=O) groups excluding carboxylic acids is 1. The molecule has 1 aliphatic rings. The van der Waals surface area contributed by atoms with Crippen LogP contribution in [0.2, 0.25) is 0 Å². The number of methoxy groups -OCH3 is 2. The van der Waals surface area contributed by atoms with Crippen LogP contribution in [0.4, 0.5) is 5.69 Å². The third kappa shape index (κ3) is 7.07. The molecule has 1 heterocycles. The van der Waals surface area contributed by atoms with Gasteiger partial charge in [-0.15, -0.1) is 0 Å². The summed E-state index contributed by atoms with van der Waals surface area (Å²) in [6.45, 7) is 0.579. The fraction of sp³-hybridized carbons (Fsp3) is 0.257. The number of carbonyl (C=O) groups is 1. The Labute approximate surface area is 267 Å². The van der Waals surface area contributed by atoms with Crippen LogP contribution in [0.15, 0.2) is 107 Å². The second-order valence-corrected chi connectivity index (χ2v) is 10.6. The Morgan fingerprint density at radius 1 is 0.978 bits per heavy atom. The molecule has 0 spiro atoms. The number of aliphatic hydroxyl groups excluding tert-OH is 1. The highest BCUT2D eigenvalue weighted by Crippen LogP contribution is 2.44. The summed E-state index contributed by atoms with van der Waals surface area (Å²) in [5.74, 6) is 1.74. The highest BCUT2D eigenvalue weighted by molar-refractivity contribution is 6.01. The Bertz CT molecular complexity index is 1720. The average Bonchev–Trinajstić information content (AvgIpc) is 3.49. The van der Waals surface area contributed by atoms with Gasteiger partial charge < -0.3 is 29.4 Å². The standard InChI is InChI=1S/C35H35N5O6/c1-43-29-18-15-27(31(21-29)44-2)23-37-34(42)35(22-26-11-6-7-12-30(26)39-40-36)32(24-9-4-3-5-10-24)46-33(38-35)25-13-16-28(17-14-25)45-20-8-19-41/h3-7,9-18,21,32,41H,8,19-20,22-23H2,1-2H3,(H,37,42)/t32-,35-/m1/s1. The van der Waals surface area contributed by atoms with Crippen molar-refractivity contribution in [1.29, 1.82) is 0 Å². The van der Waals surface area contributed by atoms with Crippen molar-refractivity contribution in [1.82, 2.24) is 5.32 Å². The van der Waals surface area contributed by atoms with Gasteiger partial charge in [0.1, 0.15) is 17.2 Å². The predicted octanol–water partition coefficient (Wildman–Crippen LogP) is 6.22. The minimum atomic E-state index is -1.49. The minimum Gasteiger partial charge on any atom is -0.497 e. The number of aliphatic imine (C=N–C) groups is 1. The number of azide groups is 1. The summed E-state index contributed by atoms with van der Waals surface area (Å²) < 4.78 is 23.2. The van der Waals surface area contributed by atoms with Gasteiger partial charge in [-0.25, -0.2) is 4.99 Å². The van der Waals surface area contributed by atoms with Crippen molar-refractivity contribution in [3.8, 4) is 17.2 Å². The maximum absolute atomic E-state index is 14.6. The van der Waals surface area contributed by atoms with Crippen LogP contribution in [-0.4, -0.2) is 49.9 Å². The van der Waals surface area contributed by atoms with Crippen LogP contribution in [0.3, 0.4) is 0 Å². The molecule has 11 nitrogen and oxygen atoms in total. The van der Waals surface area contributed by atoms with Gasteiger partial charge in [0.25, 0.3) is 5.91 Å². The van der Waals surface area contributed by atoms with E-state index in [0.29, 0.717) is 47.1 Å². The number of benzene rings is 4. The molecular weight excluding hydrogens is 586 g/mol. The van der Waals surface area contributed by atoms with E-state index in [1.165, 1.54) is 0 Å². The highest BCUT2D eigenvalue weighted by atomic mass is 16.5. The Morgan fingerprint density at radius 3 is 2.43 bits per heavy atom. The fourth-order valence-corrected chi connectivity index (χ4v) is 5.33. The Morgan fingerprint density at radius 2 is 1.72 bits per heavy atom. The molecule has 236 valence electrons. The summed E-state index contributed by atoms with van der Waals surface area (Å²) in [6.07, 6.45) is -0.214. The van der Waals surface area contributed by atoms with Gasteiger partial charge in [0.15, 0.2) is 11.6 Å². The number of nitrogens with one attached hydrogen (secondary N) is 1. The smallest absolute Gasteiger partial charge is 0.252 e. The fourth-order valence-electron chi connectivity index (χ4n) is 5.33. The monoisotopic (exact) mass is 621 g/mol. The number of nitrogens with zero attached hydrogens (tertiary/aromatic N) is 4. The van der Waals surface area contributed by atoms with E-state index in [1.54, 1.807) is 50.6 Å². The van der Waals surface area contributed by atoms with Crippen LogP contribution in [0.25, 0.3) is 10.4 Å². The van der Waals surface area contributed by atoms with Crippen LogP contribution < -0.4 is 19.5 Å². The molecule has 1 aliphatic heterocycles. The molecule has 0 radical (unpaired) electrons. The summed E-state index contributed by atoms with van der Waals surface area (Å²) >= 11 is 0. The van der Waals surface area contributed by atoms with Crippen molar-refractivity contribution < 1.29 is 28.8 Å². The molecule has 1 amide bonds. The lowest BCUT2D eigenvalue weighted by molar-refractivity contribution is -0.129. The Hall–Kier alpha value is -5.51. The van der Waals surface area contributed by atoms with E-state index in [4.69, 9.17) is 29.0 Å². The van der Waals surface area contributed by atoms with E-state index >= 15 is 0 Å². The molecule has 2 N–H and O–H groups in total. The summed E-state index contributed by atoms with van der Waals surface area (Å²) in [4.78, 5) is 22.6. The Balaban J connectivity index is 1.58. The maximum Gasteiger partial charge on any atom is 0.252 e. The SMILES string of the molecule is COc1ccc(CNC(=O)[C@]2(Cc3ccccc3N=[N+]=[N-])N=C(c3ccc(OCCCO)cc3)O[C@@H]2c2ccccc2)c(OC)c1. The van der Waals surface area contributed by atoms with E-state index < -0.39 is 11.6 Å². The number of aliphatic hydroxyl groups is 1. The van der Waals surface area contributed by atoms with Crippen molar-refractivity contribution in [2.75, 3.05) is 27.4 Å². The molecule has 0 unspecified atom stereocenters. The largest absolute Gasteiger partial charge is 0.497 e. The number of rotatable bonds is 14. The molecule has 0 saturated carbocycles. The van der Waals surface area contributed by atoms with Crippen LogP contribution in [-0.2, 0) is 22.5 Å². The predicted molar refractivity (Wildman–Crippen MR) is 174 cm³/mol. The average molecular weight is 622 g/mol. The molecule has 4 aromatic rings. The van der Waals surface area contributed by atoms with Gasteiger partial charge in [-0.3, -0.25) is 4.79 Å². The summed E-state index contributed by atoms with van der Waals surface area (Å²) in [5, 5.41) is 16.0. The molecule has 0 aliphatic carbocycles. The van der Waals surface area contributed by atoms with Gasteiger partial charge in [-0.2, -0.15) is 0 Å². The van der Waals surface area contributed by atoms with Crippen molar-refractivity contribution in [3.63, 3.8) is 0 Å². The normalized spacial score (nSPS) is 16.8. The molecule has 0 bridgehead atoms. The van der Waals surface area contributed by atoms with E-state index in [-0.39, 0.29) is 31.4 Å². The van der Waals surface area contributed by atoms with Crippen LogP contribution >= 0.6 is 0 Å². The molecule has 0 saturated heterocycles. The molecule has 11 heteroatoms. The molecule has 5 rings (SSSR count). The van der Waals surface area contributed by atoms with Gasteiger partial charge in [0.05, 0.1) is 20.8 Å². The summed E-state index contributed by atoms with van der Waals surface area (Å²) in [5.41, 5.74) is 11.0. The molecule has 0 aromatic heterocycles. The molecular formula is C35H35N5O6. The highest BCUT2D eigenvalue weighted by Gasteiger charge is 2.53. The zero-order valence-electron chi connectivity index (χ0n) is 25.6. The minimum absolute atomic E-state index is 0.0435. The lowest BCUT2D eigenvalue weighted by atomic mass is 9.81. The van der Waals surface area contributed by atoms with Gasteiger partial charge >= 0.3 is 0 Å². The van der Waals surface area contributed by atoms with Crippen LogP contribution in [0, 0.1) is 0 Å². The second-order valence-electron chi connectivity index (χ2n) is 10.6. The molecule has 0 fully saturated rings. The summed E-state index contributed by atoms with van der Waals surface area (Å²) in [6, 6.07) is 29.2. The van der Waals surface area contributed by atoms with Crippen molar-refractivity contribution >= 4 is 17.5 Å². The van der Waals surface area contributed by atoms with E-state index in [0.717, 1.165) is 11.1 Å². The van der Waals surface area contributed by atoms with E-state index in [1.807, 2.05) is 60.7 Å². The van der Waals surface area contributed by atoms with Gasteiger partial charge in [-0.05, 0) is 53.1 Å². The summed E-state index contributed by atoms with van der Waals surface area (Å²) in [7, 11) is 3.13. The number of hydrogen-bond donors (Lipinski definition) is 2. The quantitative estimate of drug-likeness (QED) is 0.0739. The molecule has 2 atom stereocenters. The Kier molecular flexibility index (Phi) is 10.4. The van der Waals surface area contributed by atoms with Gasteiger partial charge in [0.2, 0.25) is 5.90 Å². The van der Waals surface area contributed by atoms with Gasteiger partial charge in [0, 0.05) is 53.8 Å². The molecule has 46 heavy (non-hydrogen) atoms. The van der Waals surface area contributed by atoms with Crippen molar-refractivity contribution in [2.45, 2.75) is 31.0 Å². The number of hydrogen-bond acceptors (Lipinski definition) is 8. The van der Waals surface area contributed by atoms with Gasteiger partial charge in [-0.1, -0.05) is 59.7 Å². The zero-order chi connectivity index (χ0) is 32.4. The number of amides is 1. The third-order valence-corrected chi connectivity index (χ3v) is 7.67. The lowest BCUT2D eigenvalue weighted by Crippen LogP contribution is -2.49. The van der Waals surface area contributed by atoms with Crippen LogP contribution in [0.1, 0.15) is 34.8 Å². The topological polar surface area (TPSA) is 147 Å². The first-order valence-electron chi connectivity index (χ1n) is 14.8. The third-order valence-electron chi connectivity index (χ3n) is 7.67. The lowest BCUT2D eigenvalue weighted by Gasteiger charge is -2.31. The van der Waals surface area contributed by atoms with E-state index in [9.17, 15) is 10.3 Å². The maximum atomic E-state index is 14.6. The zero-order valence-corrected chi connectivity index (χ0v) is 25.6. The van der Waals surface area contributed by atoms with Crippen molar-refractivity contribution in [3.05, 3.63) is 130 Å². The second kappa shape index (κ2) is 15.0. The van der Waals surface area contributed by atoms with Crippen LogP contribution in [0.5, 0.6) is 17.2 Å². The first-order valence-corrected chi connectivity index (χ1v) is 14.8. The van der Waals surface area contributed by atoms with E-state index in [2.05, 4.69) is 15.3 Å². The number of ether oxygens (including phenoxy) is 4. The first kappa shape index (κ1) is 31.9. The van der Waals surface area contributed by atoms with Crippen molar-refractivity contribution in [2.24, 2.45) is 10.1 Å². The first-order chi connectivity index (χ1) is 22.5. The molecule has 4 aromatic carbocycles.